The Bertz CT molecular complexity index is 816. The summed E-state index contributed by atoms with van der Waals surface area (Å²) < 4.78 is 33.9. The molecule has 0 fully saturated rings. The molecule has 0 amide bonds. The standard InChI is InChI=1S/C19H23NO3S/c1-14(15-8-4-3-5-9-15)20-24(21,22)19-13-17-11-7-6-10-16(17)12-18(19)23-2/h3-5,8-9,12-14,20H,6-7,10-11H2,1-2H3/t14-/m1/s1. The van der Waals surface area contributed by atoms with Crippen LogP contribution in [0, 0.1) is 0 Å². The van der Waals surface area contributed by atoms with Gasteiger partial charge in [-0.15, -0.1) is 0 Å². The molecule has 1 atom stereocenters. The predicted molar refractivity (Wildman–Crippen MR) is 94.8 cm³/mol. The molecule has 0 spiro atoms. The monoisotopic (exact) mass is 345 g/mol. The Morgan fingerprint density at radius 1 is 1.04 bits per heavy atom. The van der Waals surface area contributed by atoms with Crippen LogP contribution in [0.25, 0.3) is 0 Å². The van der Waals surface area contributed by atoms with Gasteiger partial charge >= 0.3 is 0 Å². The molecule has 0 heterocycles. The second kappa shape index (κ2) is 6.95. The lowest BCUT2D eigenvalue weighted by Gasteiger charge is -2.21. The maximum Gasteiger partial charge on any atom is 0.244 e. The smallest absolute Gasteiger partial charge is 0.244 e. The van der Waals surface area contributed by atoms with Gasteiger partial charge in [0.25, 0.3) is 0 Å². The lowest BCUT2D eigenvalue weighted by molar-refractivity contribution is 0.400. The fourth-order valence-electron chi connectivity index (χ4n) is 3.22. The van der Waals surface area contributed by atoms with Crippen molar-refractivity contribution in [3.63, 3.8) is 0 Å². The zero-order valence-corrected chi connectivity index (χ0v) is 14.9. The number of benzene rings is 2. The normalized spacial score (nSPS) is 15.6. The maximum absolute atomic E-state index is 12.9. The van der Waals surface area contributed by atoms with E-state index >= 15 is 0 Å². The van der Waals surface area contributed by atoms with Gasteiger partial charge in [0.1, 0.15) is 10.6 Å². The van der Waals surface area contributed by atoms with Gasteiger partial charge in [-0.05, 0) is 61.4 Å². The highest BCUT2D eigenvalue weighted by molar-refractivity contribution is 7.89. The molecule has 24 heavy (non-hydrogen) atoms. The average molecular weight is 345 g/mol. The number of nitrogens with one attached hydrogen (secondary N) is 1. The van der Waals surface area contributed by atoms with Crippen molar-refractivity contribution in [2.45, 2.75) is 43.5 Å². The highest BCUT2D eigenvalue weighted by atomic mass is 32.2. The second-order valence-corrected chi connectivity index (χ2v) is 7.91. The van der Waals surface area contributed by atoms with Gasteiger partial charge in [-0.3, -0.25) is 0 Å². The van der Waals surface area contributed by atoms with Crippen molar-refractivity contribution in [1.29, 1.82) is 0 Å². The fourth-order valence-corrected chi connectivity index (χ4v) is 4.65. The number of hydrogen-bond donors (Lipinski definition) is 1. The van der Waals surface area contributed by atoms with Crippen molar-refractivity contribution < 1.29 is 13.2 Å². The lowest BCUT2D eigenvalue weighted by atomic mass is 9.92. The van der Waals surface area contributed by atoms with Gasteiger partial charge in [-0.2, -0.15) is 0 Å². The van der Waals surface area contributed by atoms with Crippen molar-refractivity contribution in [3.05, 3.63) is 59.2 Å². The molecule has 0 saturated carbocycles. The topological polar surface area (TPSA) is 55.4 Å². The van der Waals surface area contributed by atoms with Crippen molar-refractivity contribution in [2.75, 3.05) is 7.11 Å². The van der Waals surface area contributed by atoms with E-state index < -0.39 is 10.0 Å². The number of aryl methyl sites for hydroxylation is 2. The van der Waals surface area contributed by atoms with Crippen LogP contribution in [-0.2, 0) is 22.9 Å². The molecule has 3 rings (SSSR count). The first kappa shape index (κ1) is 17.0. The van der Waals surface area contributed by atoms with E-state index in [1.54, 1.807) is 6.07 Å². The third kappa shape index (κ3) is 3.47. The zero-order valence-electron chi connectivity index (χ0n) is 14.1. The first-order valence-electron chi connectivity index (χ1n) is 8.28. The molecule has 0 bridgehead atoms. The molecule has 1 aliphatic carbocycles. The van der Waals surface area contributed by atoms with Gasteiger partial charge in [-0.1, -0.05) is 30.3 Å². The van der Waals surface area contributed by atoms with Gasteiger partial charge < -0.3 is 4.74 Å². The fraction of sp³-hybridized carbons (Fsp3) is 0.368. The van der Waals surface area contributed by atoms with Crippen molar-refractivity contribution in [2.24, 2.45) is 0 Å². The van der Waals surface area contributed by atoms with Crippen LogP contribution in [0.5, 0.6) is 5.75 Å². The molecule has 2 aromatic rings. The van der Waals surface area contributed by atoms with Crippen LogP contribution in [-0.4, -0.2) is 15.5 Å². The molecule has 128 valence electrons. The third-order valence-corrected chi connectivity index (χ3v) is 6.11. The number of ether oxygens (including phenoxy) is 1. The van der Waals surface area contributed by atoms with Gasteiger partial charge in [0, 0.05) is 6.04 Å². The third-order valence-electron chi connectivity index (χ3n) is 4.55. The minimum atomic E-state index is -3.66. The van der Waals surface area contributed by atoms with E-state index in [0.717, 1.165) is 36.8 Å². The molecule has 2 aromatic carbocycles. The molecule has 1 aliphatic rings. The summed E-state index contributed by atoms with van der Waals surface area (Å²) in [6, 6.07) is 12.9. The molecule has 0 unspecified atom stereocenters. The van der Waals surface area contributed by atoms with Crippen LogP contribution in [0.15, 0.2) is 47.4 Å². The summed E-state index contributed by atoms with van der Waals surface area (Å²) in [4.78, 5) is 0.230. The summed E-state index contributed by atoms with van der Waals surface area (Å²) in [6.45, 7) is 1.85. The van der Waals surface area contributed by atoms with Crippen LogP contribution in [0.1, 0.15) is 42.5 Å². The van der Waals surface area contributed by atoms with Crippen LogP contribution in [0.4, 0.5) is 0 Å². The van der Waals surface area contributed by atoms with Crippen LogP contribution in [0.2, 0.25) is 0 Å². The maximum atomic E-state index is 12.9. The highest BCUT2D eigenvalue weighted by Crippen LogP contribution is 2.32. The summed E-state index contributed by atoms with van der Waals surface area (Å²) in [6.07, 6.45) is 4.16. The van der Waals surface area contributed by atoms with Crippen molar-refractivity contribution >= 4 is 10.0 Å². The van der Waals surface area contributed by atoms with Crippen molar-refractivity contribution in [3.8, 4) is 5.75 Å². The molecule has 4 nitrogen and oxygen atoms in total. The highest BCUT2D eigenvalue weighted by Gasteiger charge is 2.25. The molecule has 5 heteroatoms. The van der Waals surface area contributed by atoms with Crippen LogP contribution >= 0.6 is 0 Å². The van der Waals surface area contributed by atoms with E-state index in [-0.39, 0.29) is 10.9 Å². The quantitative estimate of drug-likeness (QED) is 0.900. The molecule has 0 aliphatic heterocycles. The van der Waals surface area contributed by atoms with Gasteiger partial charge in [0.2, 0.25) is 10.0 Å². The summed E-state index contributed by atoms with van der Waals surface area (Å²) in [7, 11) is -2.14. The van der Waals surface area contributed by atoms with Crippen LogP contribution in [0.3, 0.4) is 0 Å². The second-order valence-electron chi connectivity index (χ2n) is 6.23. The Balaban J connectivity index is 1.94. The zero-order chi connectivity index (χ0) is 17.2. The lowest BCUT2D eigenvalue weighted by Crippen LogP contribution is -2.27. The van der Waals surface area contributed by atoms with Crippen LogP contribution < -0.4 is 9.46 Å². The summed E-state index contributed by atoms with van der Waals surface area (Å²) >= 11 is 0. The molecule has 0 aromatic heterocycles. The van der Waals surface area contributed by atoms with Gasteiger partial charge in [0.15, 0.2) is 0 Å². The molecular weight excluding hydrogens is 322 g/mol. The largest absolute Gasteiger partial charge is 0.495 e. The molecule has 0 saturated heterocycles. The van der Waals surface area contributed by atoms with E-state index in [9.17, 15) is 8.42 Å². The summed E-state index contributed by atoms with van der Waals surface area (Å²) in [5, 5.41) is 0. The Labute approximate surface area is 143 Å². The Kier molecular flexibility index (Phi) is 4.92. The number of fused-ring (bicyclic) bond motifs is 1. The first-order chi connectivity index (χ1) is 11.5. The predicted octanol–water partition coefficient (Wildman–Crippen LogP) is 3.61. The van der Waals surface area contributed by atoms with Crippen molar-refractivity contribution in [1.82, 2.24) is 4.72 Å². The Hall–Kier alpha value is -1.85. The molecular formula is C19H23NO3S. The van der Waals surface area contributed by atoms with E-state index in [1.807, 2.05) is 43.3 Å². The number of hydrogen-bond acceptors (Lipinski definition) is 3. The average Bonchev–Trinajstić information content (AvgIpc) is 2.61. The number of methoxy groups -OCH3 is 1. The minimum Gasteiger partial charge on any atom is -0.495 e. The first-order valence-corrected chi connectivity index (χ1v) is 9.76. The Morgan fingerprint density at radius 2 is 1.67 bits per heavy atom. The van der Waals surface area contributed by atoms with E-state index in [0.29, 0.717) is 5.75 Å². The summed E-state index contributed by atoms with van der Waals surface area (Å²) in [5.74, 6) is 0.420. The molecule has 1 N–H and O–H groups in total. The van der Waals surface area contributed by atoms with E-state index in [2.05, 4.69) is 4.72 Å². The van der Waals surface area contributed by atoms with E-state index in [1.165, 1.54) is 12.7 Å². The summed E-state index contributed by atoms with van der Waals surface area (Å²) in [5.41, 5.74) is 3.25. The number of sulfonamides is 1. The van der Waals surface area contributed by atoms with Gasteiger partial charge in [0.05, 0.1) is 7.11 Å². The van der Waals surface area contributed by atoms with Gasteiger partial charge in [-0.25, -0.2) is 13.1 Å². The number of rotatable bonds is 5. The minimum absolute atomic E-state index is 0.230. The molecule has 0 radical (unpaired) electrons. The SMILES string of the molecule is COc1cc2c(cc1S(=O)(=O)N[C@H](C)c1ccccc1)CCCC2. The van der Waals surface area contributed by atoms with E-state index in [4.69, 9.17) is 4.74 Å². The Morgan fingerprint density at radius 3 is 2.29 bits per heavy atom.